The molecule has 4 aromatic rings. The predicted molar refractivity (Wildman–Crippen MR) is 126 cm³/mol. The molecule has 0 aliphatic carbocycles. The maximum absolute atomic E-state index is 12.6. The summed E-state index contributed by atoms with van der Waals surface area (Å²) in [5.74, 6) is 1.23. The van der Waals surface area contributed by atoms with Gasteiger partial charge in [0.25, 0.3) is 0 Å². The molecule has 0 spiro atoms. The summed E-state index contributed by atoms with van der Waals surface area (Å²) in [6.07, 6.45) is 3.21. The van der Waals surface area contributed by atoms with E-state index >= 15 is 0 Å². The zero-order valence-electron chi connectivity index (χ0n) is 19.0. The molecular formula is C24H26N4O4S. The van der Waals surface area contributed by atoms with Gasteiger partial charge in [0.1, 0.15) is 17.1 Å². The van der Waals surface area contributed by atoms with Gasteiger partial charge in [-0.3, -0.25) is 4.90 Å². The minimum Gasteiger partial charge on any atom is -0.497 e. The molecule has 0 N–H and O–H groups in total. The van der Waals surface area contributed by atoms with E-state index in [1.165, 1.54) is 11.3 Å². The highest BCUT2D eigenvalue weighted by atomic mass is 32.1. The van der Waals surface area contributed by atoms with Gasteiger partial charge in [0.15, 0.2) is 0 Å². The van der Waals surface area contributed by atoms with Gasteiger partial charge in [-0.05, 0) is 57.3 Å². The standard InChI is InChI=1S/C24H26N4O4S/c1-5-31-23(29)19-13-25-28(21(19)14-27(3)16(2)22-7-6-12-32-22)24-26-20(15-33-24)17-8-10-18(30-4)11-9-17/h6-13,15-16H,5,14H2,1-4H3/t16-/m0/s1. The number of methoxy groups -OCH3 is 1. The van der Waals surface area contributed by atoms with Crippen molar-refractivity contribution in [2.24, 2.45) is 0 Å². The van der Waals surface area contributed by atoms with Crippen molar-refractivity contribution in [3.8, 4) is 22.1 Å². The van der Waals surface area contributed by atoms with Crippen LogP contribution in [0.1, 0.15) is 41.7 Å². The Labute approximate surface area is 196 Å². The lowest BCUT2D eigenvalue weighted by atomic mass is 10.2. The van der Waals surface area contributed by atoms with Crippen molar-refractivity contribution in [2.45, 2.75) is 26.4 Å². The van der Waals surface area contributed by atoms with Crippen LogP contribution in [0.25, 0.3) is 16.4 Å². The maximum Gasteiger partial charge on any atom is 0.341 e. The third kappa shape index (κ3) is 4.84. The van der Waals surface area contributed by atoms with Gasteiger partial charge in [0, 0.05) is 17.5 Å². The predicted octanol–water partition coefficient (Wildman–Crippen LogP) is 4.97. The summed E-state index contributed by atoms with van der Waals surface area (Å²) in [5, 5.41) is 7.14. The summed E-state index contributed by atoms with van der Waals surface area (Å²) in [7, 11) is 3.62. The summed E-state index contributed by atoms with van der Waals surface area (Å²) in [4.78, 5) is 19.5. The number of carbonyl (C=O) groups is 1. The quantitative estimate of drug-likeness (QED) is 0.322. The Morgan fingerprint density at radius 3 is 2.73 bits per heavy atom. The van der Waals surface area contributed by atoms with Crippen LogP contribution in [-0.2, 0) is 11.3 Å². The number of esters is 1. The fourth-order valence-electron chi connectivity index (χ4n) is 3.45. The van der Waals surface area contributed by atoms with Crippen LogP contribution < -0.4 is 4.74 Å². The van der Waals surface area contributed by atoms with Crippen LogP contribution in [0.4, 0.5) is 0 Å². The molecule has 1 aromatic carbocycles. The van der Waals surface area contributed by atoms with Crippen molar-refractivity contribution in [1.29, 1.82) is 0 Å². The first-order valence-corrected chi connectivity index (χ1v) is 11.5. The van der Waals surface area contributed by atoms with Gasteiger partial charge in [-0.1, -0.05) is 0 Å². The number of furan rings is 1. The molecule has 0 aliphatic heterocycles. The molecule has 3 aromatic heterocycles. The van der Waals surface area contributed by atoms with Crippen molar-refractivity contribution in [2.75, 3.05) is 20.8 Å². The minimum absolute atomic E-state index is 0.00421. The number of rotatable bonds is 9. The number of aromatic nitrogens is 3. The van der Waals surface area contributed by atoms with Crippen molar-refractivity contribution in [3.05, 3.63) is 71.3 Å². The van der Waals surface area contributed by atoms with E-state index in [1.807, 2.05) is 48.8 Å². The van der Waals surface area contributed by atoms with Gasteiger partial charge < -0.3 is 13.9 Å². The lowest BCUT2D eigenvalue weighted by Gasteiger charge is -2.23. The molecule has 172 valence electrons. The lowest BCUT2D eigenvalue weighted by Crippen LogP contribution is -2.24. The van der Waals surface area contributed by atoms with E-state index in [4.69, 9.17) is 18.9 Å². The molecular weight excluding hydrogens is 440 g/mol. The SMILES string of the molecule is CCOC(=O)c1cnn(-c2nc(-c3ccc(OC)cc3)cs2)c1CN(C)[C@@H](C)c1ccco1. The van der Waals surface area contributed by atoms with Gasteiger partial charge in [0.05, 0.1) is 43.6 Å². The van der Waals surface area contributed by atoms with E-state index in [0.29, 0.717) is 29.5 Å². The summed E-state index contributed by atoms with van der Waals surface area (Å²) in [6, 6.07) is 11.5. The topological polar surface area (TPSA) is 82.6 Å². The number of hydrogen-bond donors (Lipinski definition) is 0. The summed E-state index contributed by atoms with van der Waals surface area (Å²) < 4.78 is 17.8. The molecule has 0 unspecified atom stereocenters. The molecule has 1 atom stereocenters. The van der Waals surface area contributed by atoms with Crippen LogP contribution in [0.3, 0.4) is 0 Å². The van der Waals surface area contributed by atoms with Crippen molar-refractivity contribution in [3.63, 3.8) is 0 Å². The Balaban J connectivity index is 1.66. The van der Waals surface area contributed by atoms with Gasteiger partial charge >= 0.3 is 5.97 Å². The summed E-state index contributed by atoms with van der Waals surface area (Å²) >= 11 is 1.46. The zero-order valence-corrected chi connectivity index (χ0v) is 19.8. The third-order valence-corrected chi connectivity index (χ3v) is 6.25. The number of benzene rings is 1. The first-order chi connectivity index (χ1) is 16.0. The number of carbonyl (C=O) groups excluding carboxylic acids is 1. The molecule has 33 heavy (non-hydrogen) atoms. The van der Waals surface area contributed by atoms with Crippen LogP contribution in [0.5, 0.6) is 5.75 Å². The van der Waals surface area contributed by atoms with E-state index in [1.54, 1.807) is 31.2 Å². The Morgan fingerprint density at radius 1 is 1.27 bits per heavy atom. The van der Waals surface area contributed by atoms with Crippen LogP contribution >= 0.6 is 11.3 Å². The molecule has 9 heteroatoms. The Hall–Kier alpha value is -3.43. The van der Waals surface area contributed by atoms with Crippen LogP contribution in [-0.4, -0.2) is 46.4 Å². The highest BCUT2D eigenvalue weighted by molar-refractivity contribution is 7.12. The van der Waals surface area contributed by atoms with Crippen LogP contribution in [0.2, 0.25) is 0 Å². The largest absolute Gasteiger partial charge is 0.497 e. The summed E-state index contributed by atoms with van der Waals surface area (Å²) in [5.41, 5.74) is 2.94. The molecule has 0 bridgehead atoms. The second-order valence-corrected chi connectivity index (χ2v) is 8.32. The van der Waals surface area contributed by atoms with Gasteiger partial charge in [-0.15, -0.1) is 11.3 Å². The molecule has 0 radical (unpaired) electrons. The van der Waals surface area contributed by atoms with Gasteiger partial charge in [-0.25, -0.2) is 14.5 Å². The highest BCUT2D eigenvalue weighted by Gasteiger charge is 2.24. The highest BCUT2D eigenvalue weighted by Crippen LogP contribution is 2.28. The van der Waals surface area contributed by atoms with E-state index in [9.17, 15) is 4.79 Å². The van der Waals surface area contributed by atoms with Gasteiger partial charge in [-0.2, -0.15) is 5.10 Å². The first-order valence-electron chi connectivity index (χ1n) is 10.6. The van der Waals surface area contributed by atoms with E-state index < -0.39 is 5.97 Å². The monoisotopic (exact) mass is 466 g/mol. The minimum atomic E-state index is -0.398. The Bertz CT molecular complexity index is 1200. The average molecular weight is 467 g/mol. The van der Waals surface area contributed by atoms with Crippen LogP contribution in [0.15, 0.2) is 58.7 Å². The van der Waals surface area contributed by atoms with Crippen molar-refractivity contribution in [1.82, 2.24) is 19.7 Å². The Kier molecular flexibility index (Phi) is 6.90. The van der Waals surface area contributed by atoms with Crippen molar-refractivity contribution < 1.29 is 18.7 Å². The van der Waals surface area contributed by atoms with E-state index in [2.05, 4.69) is 16.9 Å². The number of ether oxygens (including phenoxy) is 2. The molecule has 8 nitrogen and oxygen atoms in total. The Morgan fingerprint density at radius 2 is 2.06 bits per heavy atom. The molecule has 0 fully saturated rings. The molecule has 0 aliphatic rings. The number of nitrogens with zero attached hydrogens (tertiary/aromatic N) is 4. The summed E-state index contributed by atoms with van der Waals surface area (Å²) in [6.45, 7) is 4.58. The normalized spacial score (nSPS) is 12.2. The number of hydrogen-bond acceptors (Lipinski definition) is 8. The molecule has 3 heterocycles. The average Bonchev–Trinajstić information content (AvgIpc) is 3.59. The third-order valence-electron chi connectivity index (χ3n) is 5.44. The first kappa shape index (κ1) is 22.8. The molecule has 0 saturated carbocycles. The smallest absolute Gasteiger partial charge is 0.341 e. The lowest BCUT2D eigenvalue weighted by molar-refractivity contribution is 0.0523. The van der Waals surface area contributed by atoms with E-state index in [0.717, 1.165) is 22.8 Å². The van der Waals surface area contributed by atoms with Crippen molar-refractivity contribution >= 4 is 17.3 Å². The maximum atomic E-state index is 12.6. The van der Waals surface area contributed by atoms with E-state index in [-0.39, 0.29) is 6.04 Å². The number of thiazole rings is 1. The van der Waals surface area contributed by atoms with Crippen LogP contribution in [0, 0.1) is 0 Å². The second kappa shape index (κ2) is 10.0. The fourth-order valence-corrected chi connectivity index (χ4v) is 4.26. The zero-order chi connectivity index (χ0) is 23.4. The fraction of sp³-hybridized carbons (Fsp3) is 0.292. The molecule has 0 saturated heterocycles. The molecule has 0 amide bonds. The second-order valence-electron chi connectivity index (χ2n) is 7.49. The van der Waals surface area contributed by atoms with Gasteiger partial charge in [0.2, 0.25) is 5.13 Å². The molecule has 4 rings (SSSR count).